The standard InChI is InChI=1S/C16H24N4O/c1-4-17-11-14-16(18-15-7-5-6-9-20(14)15)19(3)13-8-10-21-12(13)2/h5-7,9,12-13,17H,4,8,10-11H2,1-3H3. The van der Waals surface area contributed by atoms with E-state index < -0.39 is 0 Å². The molecule has 1 N–H and O–H groups in total. The van der Waals surface area contributed by atoms with Gasteiger partial charge in [0.2, 0.25) is 0 Å². The molecule has 5 nitrogen and oxygen atoms in total. The zero-order valence-corrected chi connectivity index (χ0v) is 13.0. The number of anilines is 1. The van der Waals surface area contributed by atoms with Crippen molar-refractivity contribution in [2.75, 3.05) is 25.1 Å². The van der Waals surface area contributed by atoms with E-state index in [0.29, 0.717) is 6.04 Å². The quantitative estimate of drug-likeness (QED) is 0.914. The molecule has 1 saturated heterocycles. The van der Waals surface area contributed by atoms with Crippen LogP contribution in [0.5, 0.6) is 0 Å². The smallest absolute Gasteiger partial charge is 0.152 e. The van der Waals surface area contributed by atoms with Crippen LogP contribution in [-0.4, -0.2) is 41.7 Å². The van der Waals surface area contributed by atoms with E-state index in [-0.39, 0.29) is 6.10 Å². The highest BCUT2D eigenvalue weighted by atomic mass is 16.5. The number of likely N-dealkylation sites (N-methyl/N-ethyl adjacent to an activating group) is 1. The summed E-state index contributed by atoms with van der Waals surface area (Å²) < 4.78 is 7.89. The van der Waals surface area contributed by atoms with Gasteiger partial charge in [0.15, 0.2) is 5.82 Å². The second kappa shape index (κ2) is 6.03. The number of aromatic nitrogens is 2. The number of hydrogen-bond donors (Lipinski definition) is 1. The van der Waals surface area contributed by atoms with Crippen molar-refractivity contribution >= 4 is 11.5 Å². The number of fused-ring (bicyclic) bond motifs is 1. The minimum Gasteiger partial charge on any atom is -0.376 e. The third-order valence-corrected chi connectivity index (χ3v) is 4.32. The fourth-order valence-electron chi connectivity index (χ4n) is 3.11. The van der Waals surface area contributed by atoms with Crippen LogP contribution in [0, 0.1) is 0 Å². The van der Waals surface area contributed by atoms with Gasteiger partial charge in [-0.3, -0.25) is 0 Å². The molecule has 0 aromatic carbocycles. The van der Waals surface area contributed by atoms with Gasteiger partial charge >= 0.3 is 0 Å². The molecule has 0 saturated carbocycles. The molecule has 2 atom stereocenters. The lowest BCUT2D eigenvalue weighted by Gasteiger charge is -2.27. The van der Waals surface area contributed by atoms with Crippen molar-refractivity contribution in [2.24, 2.45) is 0 Å². The van der Waals surface area contributed by atoms with Gasteiger partial charge in [0.1, 0.15) is 5.65 Å². The highest BCUT2D eigenvalue weighted by Crippen LogP contribution is 2.27. The topological polar surface area (TPSA) is 41.8 Å². The van der Waals surface area contributed by atoms with Crippen molar-refractivity contribution in [3.63, 3.8) is 0 Å². The molecule has 1 aliphatic heterocycles. The Kier molecular flexibility index (Phi) is 4.12. The Bertz CT molecular complexity index is 609. The van der Waals surface area contributed by atoms with Gasteiger partial charge in [0, 0.05) is 26.4 Å². The number of pyridine rings is 1. The molecule has 21 heavy (non-hydrogen) atoms. The van der Waals surface area contributed by atoms with Crippen LogP contribution < -0.4 is 10.2 Å². The Balaban J connectivity index is 1.99. The van der Waals surface area contributed by atoms with Gasteiger partial charge in [0.25, 0.3) is 0 Å². The van der Waals surface area contributed by atoms with Crippen LogP contribution in [-0.2, 0) is 11.3 Å². The second-order valence-electron chi connectivity index (χ2n) is 5.63. The molecule has 1 aliphatic rings. The predicted molar refractivity (Wildman–Crippen MR) is 84.8 cm³/mol. The first-order valence-corrected chi connectivity index (χ1v) is 7.73. The van der Waals surface area contributed by atoms with Crippen LogP contribution in [0.4, 0.5) is 5.82 Å². The van der Waals surface area contributed by atoms with Gasteiger partial charge in [-0.1, -0.05) is 13.0 Å². The van der Waals surface area contributed by atoms with E-state index in [1.165, 1.54) is 5.69 Å². The molecule has 0 radical (unpaired) electrons. The first-order valence-electron chi connectivity index (χ1n) is 7.73. The molecule has 2 aromatic heterocycles. The van der Waals surface area contributed by atoms with Crippen molar-refractivity contribution in [1.82, 2.24) is 14.7 Å². The molecule has 114 valence electrons. The lowest BCUT2D eigenvalue weighted by Crippen LogP contribution is -2.37. The number of hydrogen-bond acceptors (Lipinski definition) is 4. The monoisotopic (exact) mass is 288 g/mol. The number of ether oxygens (including phenoxy) is 1. The SMILES string of the molecule is CCNCc1c(N(C)C2CCOC2C)nc2ccccn12. The van der Waals surface area contributed by atoms with Gasteiger partial charge in [-0.05, 0) is 32.0 Å². The Morgan fingerprint density at radius 2 is 2.33 bits per heavy atom. The van der Waals surface area contributed by atoms with Crippen molar-refractivity contribution in [1.29, 1.82) is 0 Å². The first-order chi connectivity index (χ1) is 10.2. The van der Waals surface area contributed by atoms with E-state index >= 15 is 0 Å². The van der Waals surface area contributed by atoms with Gasteiger partial charge in [-0.25, -0.2) is 4.98 Å². The molecule has 3 rings (SSSR count). The number of nitrogens with zero attached hydrogens (tertiary/aromatic N) is 3. The molecule has 1 fully saturated rings. The average molecular weight is 288 g/mol. The first kappa shape index (κ1) is 14.4. The molecule has 3 heterocycles. The maximum atomic E-state index is 5.71. The summed E-state index contributed by atoms with van der Waals surface area (Å²) in [5.74, 6) is 1.06. The molecule has 2 unspecified atom stereocenters. The van der Waals surface area contributed by atoms with E-state index in [4.69, 9.17) is 9.72 Å². The predicted octanol–water partition coefficient (Wildman–Crippen LogP) is 2.06. The summed E-state index contributed by atoms with van der Waals surface area (Å²) in [6.45, 7) is 6.88. The molecule has 0 aliphatic carbocycles. The summed E-state index contributed by atoms with van der Waals surface area (Å²) in [5.41, 5.74) is 2.22. The maximum Gasteiger partial charge on any atom is 0.152 e. The number of nitrogens with one attached hydrogen (secondary N) is 1. The van der Waals surface area contributed by atoms with E-state index in [2.05, 4.69) is 53.8 Å². The highest BCUT2D eigenvalue weighted by molar-refractivity contribution is 5.56. The van der Waals surface area contributed by atoms with Crippen molar-refractivity contribution in [3.8, 4) is 0 Å². The third-order valence-electron chi connectivity index (χ3n) is 4.32. The minimum absolute atomic E-state index is 0.256. The normalized spacial score (nSPS) is 22.0. The van der Waals surface area contributed by atoms with Gasteiger partial charge in [-0.2, -0.15) is 0 Å². The molecular formula is C16H24N4O. The molecule has 0 bridgehead atoms. The van der Waals surface area contributed by atoms with Crippen LogP contribution in [0.3, 0.4) is 0 Å². The van der Waals surface area contributed by atoms with Crippen LogP contribution in [0.2, 0.25) is 0 Å². The maximum absolute atomic E-state index is 5.71. The lowest BCUT2D eigenvalue weighted by molar-refractivity contribution is 0.118. The summed E-state index contributed by atoms with van der Waals surface area (Å²) in [6.07, 6.45) is 3.40. The zero-order chi connectivity index (χ0) is 14.8. The summed E-state index contributed by atoms with van der Waals surface area (Å²) >= 11 is 0. The second-order valence-corrected chi connectivity index (χ2v) is 5.63. The molecule has 0 spiro atoms. The molecule has 2 aromatic rings. The van der Waals surface area contributed by atoms with Gasteiger partial charge in [0.05, 0.1) is 17.8 Å². The van der Waals surface area contributed by atoms with E-state index in [0.717, 1.165) is 37.6 Å². The third kappa shape index (κ3) is 2.63. The van der Waals surface area contributed by atoms with Crippen molar-refractivity contribution < 1.29 is 4.74 Å². The van der Waals surface area contributed by atoms with E-state index in [1.54, 1.807) is 0 Å². The summed E-state index contributed by atoms with van der Waals surface area (Å²) in [5, 5.41) is 3.42. The van der Waals surface area contributed by atoms with Crippen LogP contribution >= 0.6 is 0 Å². The minimum atomic E-state index is 0.256. The van der Waals surface area contributed by atoms with Crippen LogP contribution in [0.25, 0.3) is 5.65 Å². The number of imidazole rings is 1. The largest absolute Gasteiger partial charge is 0.376 e. The Hall–Kier alpha value is -1.59. The summed E-state index contributed by atoms with van der Waals surface area (Å²) in [7, 11) is 2.13. The summed E-state index contributed by atoms with van der Waals surface area (Å²) in [6, 6.07) is 6.54. The molecule has 0 amide bonds. The van der Waals surface area contributed by atoms with E-state index in [9.17, 15) is 0 Å². The van der Waals surface area contributed by atoms with E-state index in [1.807, 2.05) is 6.07 Å². The van der Waals surface area contributed by atoms with Crippen molar-refractivity contribution in [2.45, 2.75) is 39.0 Å². The Labute approximate surface area is 125 Å². The molecule has 5 heteroatoms. The van der Waals surface area contributed by atoms with Crippen molar-refractivity contribution in [3.05, 3.63) is 30.1 Å². The molecular weight excluding hydrogens is 264 g/mol. The average Bonchev–Trinajstić information content (AvgIpc) is 3.08. The lowest BCUT2D eigenvalue weighted by atomic mass is 10.1. The Morgan fingerprint density at radius 3 is 3.05 bits per heavy atom. The van der Waals surface area contributed by atoms with Gasteiger partial charge in [-0.15, -0.1) is 0 Å². The fourth-order valence-corrected chi connectivity index (χ4v) is 3.11. The van der Waals surface area contributed by atoms with Crippen LogP contribution in [0.1, 0.15) is 26.0 Å². The fraction of sp³-hybridized carbons (Fsp3) is 0.562. The summed E-state index contributed by atoms with van der Waals surface area (Å²) in [4.78, 5) is 7.13. The zero-order valence-electron chi connectivity index (χ0n) is 13.0. The Morgan fingerprint density at radius 1 is 1.48 bits per heavy atom. The van der Waals surface area contributed by atoms with Crippen LogP contribution in [0.15, 0.2) is 24.4 Å². The van der Waals surface area contributed by atoms with Gasteiger partial charge < -0.3 is 19.4 Å². The highest BCUT2D eigenvalue weighted by Gasteiger charge is 2.30. The number of rotatable bonds is 5.